The molecule has 4 nitrogen and oxygen atoms in total. The number of aryl methyl sites for hydroxylation is 2. The fourth-order valence-corrected chi connectivity index (χ4v) is 1.84. The lowest BCUT2D eigenvalue weighted by Gasteiger charge is -2.02. The molecule has 0 amide bonds. The molecule has 14 heavy (non-hydrogen) atoms. The molecule has 0 bridgehead atoms. The maximum Gasteiger partial charge on any atom is 0.183 e. The molecule has 0 unspecified atom stereocenters. The molecule has 0 aliphatic heterocycles. The molecule has 0 spiro atoms. The van der Waals surface area contributed by atoms with Crippen molar-refractivity contribution in [2.45, 2.75) is 13.5 Å². The first-order valence-corrected chi connectivity index (χ1v) is 5.20. The van der Waals surface area contributed by atoms with Gasteiger partial charge in [0.15, 0.2) is 5.13 Å². The minimum Gasteiger partial charge on any atom is -0.356 e. The first-order chi connectivity index (χ1) is 6.75. The van der Waals surface area contributed by atoms with Crippen LogP contribution in [-0.2, 0) is 13.6 Å². The molecule has 0 aliphatic rings. The van der Waals surface area contributed by atoms with Crippen molar-refractivity contribution in [3.63, 3.8) is 0 Å². The minimum absolute atomic E-state index is 0.767. The van der Waals surface area contributed by atoms with Crippen LogP contribution < -0.4 is 5.32 Å². The van der Waals surface area contributed by atoms with Crippen molar-refractivity contribution >= 4 is 16.5 Å². The minimum atomic E-state index is 0.767. The molecule has 5 heteroatoms. The van der Waals surface area contributed by atoms with Crippen LogP contribution in [0.25, 0.3) is 0 Å². The Kier molecular flexibility index (Phi) is 2.49. The summed E-state index contributed by atoms with van der Waals surface area (Å²) >= 11 is 1.66. The lowest BCUT2D eigenvalue weighted by Crippen LogP contribution is -2.04. The van der Waals surface area contributed by atoms with E-state index in [0.717, 1.165) is 17.4 Å². The van der Waals surface area contributed by atoms with Crippen molar-refractivity contribution < 1.29 is 0 Å². The molecule has 0 radical (unpaired) electrons. The standard InChI is InChI=1S/C9H12N4S/c1-7-5-10-9(14-7)11-6-8-3-4-12-13(8)2/h3-5H,6H2,1-2H3,(H,10,11). The van der Waals surface area contributed by atoms with Gasteiger partial charge in [0.1, 0.15) is 0 Å². The average molecular weight is 208 g/mol. The van der Waals surface area contributed by atoms with Crippen LogP contribution in [0.2, 0.25) is 0 Å². The van der Waals surface area contributed by atoms with Crippen molar-refractivity contribution in [3.8, 4) is 0 Å². The maximum atomic E-state index is 4.22. The van der Waals surface area contributed by atoms with Crippen LogP contribution in [0.5, 0.6) is 0 Å². The zero-order valence-corrected chi connectivity index (χ0v) is 9.01. The summed E-state index contributed by atoms with van der Waals surface area (Å²) in [6.07, 6.45) is 3.67. The molecule has 0 saturated carbocycles. The topological polar surface area (TPSA) is 42.7 Å². The summed E-state index contributed by atoms with van der Waals surface area (Å²) < 4.78 is 1.85. The van der Waals surface area contributed by atoms with Crippen molar-refractivity contribution in [1.29, 1.82) is 0 Å². The predicted molar refractivity (Wildman–Crippen MR) is 57.4 cm³/mol. The number of aromatic nitrogens is 3. The van der Waals surface area contributed by atoms with E-state index in [1.165, 1.54) is 4.88 Å². The SMILES string of the molecule is Cc1cnc(NCc2ccnn2C)s1. The van der Waals surface area contributed by atoms with Crippen LogP contribution in [0.15, 0.2) is 18.5 Å². The maximum absolute atomic E-state index is 4.22. The normalized spacial score (nSPS) is 10.4. The Morgan fingerprint density at radius 2 is 2.43 bits per heavy atom. The summed E-state index contributed by atoms with van der Waals surface area (Å²) in [5.41, 5.74) is 1.15. The summed E-state index contributed by atoms with van der Waals surface area (Å²) in [6.45, 7) is 2.82. The van der Waals surface area contributed by atoms with E-state index in [2.05, 4.69) is 15.4 Å². The zero-order chi connectivity index (χ0) is 9.97. The predicted octanol–water partition coefficient (Wildman–Crippen LogP) is 1.80. The van der Waals surface area contributed by atoms with E-state index in [-0.39, 0.29) is 0 Å². The monoisotopic (exact) mass is 208 g/mol. The van der Waals surface area contributed by atoms with Gasteiger partial charge in [0.05, 0.1) is 12.2 Å². The molecule has 0 fully saturated rings. The highest BCUT2D eigenvalue weighted by Gasteiger charge is 2.00. The van der Waals surface area contributed by atoms with Gasteiger partial charge in [-0.3, -0.25) is 4.68 Å². The Morgan fingerprint density at radius 1 is 1.57 bits per heavy atom. The van der Waals surface area contributed by atoms with Crippen molar-refractivity contribution in [2.75, 3.05) is 5.32 Å². The highest BCUT2D eigenvalue weighted by Crippen LogP contribution is 2.17. The van der Waals surface area contributed by atoms with Gasteiger partial charge < -0.3 is 5.32 Å². The Hall–Kier alpha value is -1.36. The van der Waals surface area contributed by atoms with E-state index in [4.69, 9.17) is 0 Å². The summed E-state index contributed by atoms with van der Waals surface area (Å²) in [6, 6.07) is 1.99. The molecule has 74 valence electrons. The molecule has 0 atom stereocenters. The van der Waals surface area contributed by atoms with Crippen molar-refractivity contribution in [2.24, 2.45) is 7.05 Å². The number of anilines is 1. The molecule has 2 heterocycles. The Morgan fingerprint density at radius 3 is 3.00 bits per heavy atom. The summed E-state index contributed by atoms with van der Waals surface area (Å²) in [5, 5.41) is 8.31. The van der Waals surface area contributed by atoms with Gasteiger partial charge in [-0.15, -0.1) is 11.3 Å². The van der Waals surface area contributed by atoms with Crippen LogP contribution in [0, 0.1) is 6.92 Å². The van der Waals surface area contributed by atoms with Gasteiger partial charge in [-0.05, 0) is 13.0 Å². The lowest BCUT2D eigenvalue weighted by atomic mass is 10.4. The highest BCUT2D eigenvalue weighted by molar-refractivity contribution is 7.15. The fraction of sp³-hybridized carbons (Fsp3) is 0.333. The molecule has 0 saturated heterocycles. The zero-order valence-electron chi connectivity index (χ0n) is 8.19. The van der Waals surface area contributed by atoms with Gasteiger partial charge >= 0.3 is 0 Å². The van der Waals surface area contributed by atoms with E-state index in [9.17, 15) is 0 Å². The average Bonchev–Trinajstić information content (AvgIpc) is 2.72. The first kappa shape index (κ1) is 9.21. The van der Waals surface area contributed by atoms with Gasteiger partial charge in [0, 0.05) is 24.3 Å². The number of hydrogen-bond donors (Lipinski definition) is 1. The number of nitrogens with one attached hydrogen (secondary N) is 1. The third-order valence-electron chi connectivity index (χ3n) is 1.96. The molecule has 0 aromatic carbocycles. The van der Waals surface area contributed by atoms with Crippen LogP contribution in [-0.4, -0.2) is 14.8 Å². The highest BCUT2D eigenvalue weighted by atomic mass is 32.1. The van der Waals surface area contributed by atoms with Crippen LogP contribution in [0.3, 0.4) is 0 Å². The summed E-state index contributed by atoms with van der Waals surface area (Å²) in [7, 11) is 1.93. The Labute approximate surface area is 86.6 Å². The van der Waals surface area contributed by atoms with E-state index in [1.807, 2.05) is 30.9 Å². The third-order valence-corrected chi connectivity index (χ3v) is 2.83. The van der Waals surface area contributed by atoms with Crippen LogP contribution in [0.1, 0.15) is 10.6 Å². The first-order valence-electron chi connectivity index (χ1n) is 4.39. The van der Waals surface area contributed by atoms with Crippen LogP contribution >= 0.6 is 11.3 Å². The van der Waals surface area contributed by atoms with E-state index in [0.29, 0.717) is 0 Å². The summed E-state index contributed by atoms with van der Waals surface area (Å²) in [4.78, 5) is 5.44. The molecular weight excluding hydrogens is 196 g/mol. The fourth-order valence-electron chi connectivity index (χ4n) is 1.18. The van der Waals surface area contributed by atoms with Crippen molar-refractivity contribution in [3.05, 3.63) is 29.0 Å². The van der Waals surface area contributed by atoms with Gasteiger partial charge in [-0.2, -0.15) is 5.10 Å². The molecule has 2 aromatic rings. The smallest absolute Gasteiger partial charge is 0.183 e. The van der Waals surface area contributed by atoms with Gasteiger partial charge in [-0.25, -0.2) is 4.98 Å². The lowest BCUT2D eigenvalue weighted by molar-refractivity contribution is 0.720. The van der Waals surface area contributed by atoms with Crippen LogP contribution in [0.4, 0.5) is 5.13 Å². The number of thiazole rings is 1. The summed E-state index contributed by atoms with van der Waals surface area (Å²) in [5.74, 6) is 0. The molecular formula is C9H12N4S. The molecule has 2 rings (SSSR count). The second-order valence-electron chi connectivity index (χ2n) is 3.08. The van der Waals surface area contributed by atoms with Gasteiger partial charge in [0.25, 0.3) is 0 Å². The van der Waals surface area contributed by atoms with E-state index < -0.39 is 0 Å². The largest absolute Gasteiger partial charge is 0.356 e. The van der Waals surface area contributed by atoms with E-state index >= 15 is 0 Å². The Balaban J connectivity index is 1.98. The number of nitrogens with zero attached hydrogens (tertiary/aromatic N) is 3. The van der Waals surface area contributed by atoms with E-state index in [1.54, 1.807) is 17.5 Å². The van der Waals surface area contributed by atoms with Crippen molar-refractivity contribution in [1.82, 2.24) is 14.8 Å². The Bertz CT molecular complexity index is 418. The molecule has 0 aliphatic carbocycles. The second-order valence-corrected chi connectivity index (χ2v) is 4.31. The van der Waals surface area contributed by atoms with Gasteiger partial charge in [-0.1, -0.05) is 0 Å². The molecule has 1 N–H and O–H groups in total. The van der Waals surface area contributed by atoms with Gasteiger partial charge in [0.2, 0.25) is 0 Å². The number of hydrogen-bond acceptors (Lipinski definition) is 4. The third kappa shape index (κ3) is 1.93. The molecule has 2 aromatic heterocycles. The second kappa shape index (κ2) is 3.79. The number of rotatable bonds is 3. The quantitative estimate of drug-likeness (QED) is 0.836.